The Balaban J connectivity index is 2.99. The SMILES string of the molecule is C=C(C)Cc1cc(C)c(N=CN(C)CC)cc1C. The maximum atomic E-state index is 4.54. The van der Waals surface area contributed by atoms with Crippen molar-refractivity contribution in [2.24, 2.45) is 4.99 Å². The van der Waals surface area contributed by atoms with Crippen LogP contribution >= 0.6 is 0 Å². The third-order valence-electron chi connectivity index (χ3n) is 3.04. The topological polar surface area (TPSA) is 15.6 Å². The van der Waals surface area contributed by atoms with E-state index in [0.29, 0.717) is 0 Å². The highest BCUT2D eigenvalue weighted by Gasteiger charge is 2.04. The van der Waals surface area contributed by atoms with Crippen molar-refractivity contribution in [3.63, 3.8) is 0 Å². The molecule has 0 unspecified atom stereocenters. The predicted octanol–water partition coefficient (Wildman–Crippen LogP) is 4.03. The van der Waals surface area contributed by atoms with Gasteiger partial charge in [0, 0.05) is 13.6 Å². The number of hydrogen-bond acceptors (Lipinski definition) is 1. The molecule has 0 N–H and O–H groups in total. The van der Waals surface area contributed by atoms with E-state index in [-0.39, 0.29) is 0 Å². The summed E-state index contributed by atoms with van der Waals surface area (Å²) in [5.41, 5.74) is 6.10. The van der Waals surface area contributed by atoms with Gasteiger partial charge in [0.15, 0.2) is 0 Å². The first-order valence-electron chi connectivity index (χ1n) is 6.43. The standard InChI is InChI=1S/C16H24N2/c1-7-18(6)11-17-16-10-13(4)15(8-12(2)3)9-14(16)5/h9-11H,2,7-8H2,1,3-6H3. The third kappa shape index (κ3) is 4.02. The van der Waals surface area contributed by atoms with Crippen molar-refractivity contribution in [3.05, 3.63) is 41.0 Å². The van der Waals surface area contributed by atoms with Crippen LogP contribution in [0.2, 0.25) is 0 Å². The molecule has 0 fully saturated rings. The van der Waals surface area contributed by atoms with Gasteiger partial charge in [-0.15, -0.1) is 0 Å². The molecule has 18 heavy (non-hydrogen) atoms. The highest BCUT2D eigenvalue weighted by molar-refractivity contribution is 5.64. The zero-order chi connectivity index (χ0) is 13.7. The highest BCUT2D eigenvalue weighted by atomic mass is 15.1. The van der Waals surface area contributed by atoms with Gasteiger partial charge in [-0.3, -0.25) is 0 Å². The van der Waals surface area contributed by atoms with E-state index in [1.165, 1.54) is 22.3 Å². The zero-order valence-electron chi connectivity index (χ0n) is 12.2. The summed E-state index contributed by atoms with van der Waals surface area (Å²) in [6, 6.07) is 4.39. The Hall–Kier alpha value is -1.57. The number of rotatable bonds is 5. The van der Waals surface area contributed by atoms with Gasteiger partial charge >= 0.3 is 0 Å². The minimum absolute atomic E-state index is 0.950. The van der Waals surface area contributed by atoms with Gasteiger partial charge in [0.25, 0.3) is 0 Å². The van der Waals surface area contributed by atoms with Crippen LogP contribution in [0.4, 0.5) is 5.69 Å². The van der Waals surface area contributed by atoms with Crippen LogP contribution in [0.3, 0.4) is 0 Å². The molecule has 0 amide bonds. The molecule has 2 nitrogen and oxygen atoms in total. The van der Waals surface area contributed by atoms with Gasteiger partial charge < -0.3 is 4.90 Å². The van der Waals surface area contributed by atoms with E-state index in [4.69, 9.17) is 0 Å². The van der Waals surface area contributed by atoms with Crippen LogP contribution in [0, 0.1) is 13.8 Å². The first-order valence-corrected chi connectivity index (χ1v) is 6.43. The van der Waals surface area contributed by atoms with Crippen LogP contribution in [-0.2, 0) is 6.42 Å². The van der Waals surface area contributed by atoms with Crippen LogP contribution in [-0.4, -0.2) is 24.8 Å². The second kappa shape index (κ2) is 6.39. The second-order valence-electron chi connectivity index (χ2n) is 5.02. The molecule has 0 saturated carbocycles. The fourth-order valence-electron chi connectivity index (χ4n) is 1.76. The molecule has 98 valence electrons. The smallest absolute Gasteiger partial charge is 0.0909 e. The lowest BCUT2D eigenvalue weighted by atomic mass is 9.99. The van der Waals surface area contributed by atoms with E-state index < -0.39 is 0 Å². The lowest BCUT2D eigenvalue weighted by Crippen LogP contribution is -2.14. The summed E-state index contributed by atoms with van der Waals surface area (Å²) in [7, 11) is 2.03. The van der Waals surface area contributed by atoms with Crippen molar-refractivity contribution >= 4 is 12.0 Å². The fraction of sp³-hybridized carbons (Fsp3) is 0.438. The Labute approximate surface area is 111 Å². The summed E-state index contributed by atoms with van der Waals surface area (Å²) in [6.45, 7) is 13.4. The van der Waals surface area contributed by atoms with Crippen molar-refractivity contribution < 1.29 is 0 Å². The molecule has 0 aromatic heterocycles. The molecule has 0 saturated heterocycles. The summed E-state index contributed by atoms with van der Waals surface area (Å²) in [4.78, 5) is 6.60. The second-order valence-corrected chi connectivity index (χ2v) is 5.02. The first kappa shape index (κ1) is 14.5. The van der Waals surface area contributed by atoms with Gasteiger partial charge in [0.05, 0.1) is 12.0 Å². The Morgan fingerprint density at radius 1 is 1.33 bits per heavy atom. The zero-order valence-corrected chi connectivity index (χ0v) is 12.2. The molecular formula is C16H24N2. The number of benzene rings is 1. The van der Waals surface area contributed by atoms with Crippen molar-refractivity contribution in [2.45, 2.75) is 34.1 Å². The predicted molar refractivity (Wildman–Crippen MR) is 80.9 cm³/mol. The first-order chi connectivity index (χ1) is 8.43. The van der Waals surface area contributed by atoms with Crippen LogP contribution < -0.4 is 0 Å². The largest absolute Gasteiger partial charge is 0.366 e. The molecular weight excluding hydrogens is 220 g/mol. The quantitative estimate of drug-likeness (QED) is 0.434. The number of allylic oxidation sites excluding steroid dienone is 1. The lowest BCUT2D eigenvalue weighted by molar-refractivity contribution is 0.552. The van der Waals surface area contributed by atoms with Crippen molar-refractivity contribution in [1.29, 1.82) is 0 Å². The summed E-state index contributed by atoms with van der Waals surface area (Å²) < 4.78 is 0. The molecule has 0 atom stereocenters. The van der Waals surface area contributed by atoms with E-state index in [2.05, 4.69) is 56.3 Å². The van der Waals surface area contributed by atoms with Crippen LogP contribution in [0.15, 0.2) is 29.3 Å². The monoisotopic (exact) mass is 244 g/mol. The Kier molecular flexibility index (Phi) is 5.14. The maximum absolute atomic E-state index is 4.54. The van der Waals surface area contributed by atoms with E-state index in [0.717, 1.165) is 18.7 Å². The lowest BCUT2D eigenvalue weighted by Gasteiger charge is -2.11. The van der Waals surface area contributed by atoms with Crippen molar-refractivity contribution in [2.75, 3.05) is 13.6 Å². The Morgan fingerprint density at radius 3 is 2.56 bits per heavy atom. The molecule has 1 rings (SSSR count). The van der Waals surface area contributed by atoms with Crippen molar-refractivity contribution in [3.8, 4) is 0 Å². The molecule has 0 aliphatic heterocycles. The Bertz CT molecular complexity index is 458. The molecule has 0 radical (unpaired) electrons. The van der Waals surface area contributed by atoms with Gasteiger partial charge in [-0.05, 0) is 56.9 Å². The Morgan fingerprint density at radius 2 is 2.00 bits per heavy atom. The third-order valence-corrected chi connectivity index (χ3v) is 3.04. The average Bonchev–Trinajstić information content (AvgIpc) is 2.30. The average molecular weight is 244 g/mol. The van der Waals surface area contributed by atoms with Gasteiger partial charge in [-0.1, -0.05) is 18.2 Å². The summed E-state index contributed by atoms with van der Waals surface area (Å²) in [5.74, 6) is 0. The molecule has 0 heterocycles. The summed E-state index contributed by atoms with van der Waals surface area (Å²) in [5, 5.41) is 0. The van der Waals surface area contributed by atoms with Gasteiger partial charge in [0.2, 0.25) is 0 Å². The molecule has 0 aliphatic rings. The van der Waals surface area contributed by atoms with E-state index in [9.17, 15) is 0 Å². The number of aliphatic imine (C=N–C) groups is 1. The minimum Gasteiger partial charge on any atom is -0.366 e. The normalized spacial score (nSPS) is 10.9. The van der Waals surface area contributed by atoms with Crippen LogP contribution in [0.5, 0.6) is 0 Å². The molecule has 0 spiro atoms. The molecule has 0 bridgehead atoms. The van der Waals surface area contributed by atoms with Gasteiger partial charge in [-0.2, -0.15) is 0 Å². The molecule has 1 aromatic rings. The molecule has 0 aliphatic carbocycles. The van der Waals surface area contributed by atoms with E-state index in [1.807, 2.05) is 13.4 Å². The van der Waals surface area contributed by atoms with Crippen molar-refractivity contribution in [1.82, 2.24) is 4.90 Å². The summed E-state index contributed by atoms with van der Waals surface area (Å²) in [6.07, 6.45) is 2.84. The van der Waals surface area contributed by atoms with E-state index in [1.54, 1.807) is 0 Å². The van der Waals surface area contributed by atoms with Gasteiger partial charge in [-0.25, -0.2) is 4.99 Å². The summed E-state index contributed by atoms with van der Waals surface area (Å²) >= 11 is 0. The highest BCUT2D eigenvalue weighted by Crippen LogP contribution is 2.24. The minimum atomic E-state index is 0.950. The fourth-order valence-corrected chi connectivity index (χ4v) is 1.76. The molecule has 1 aromatic carbocycles. The molecule has 2 heteroatoms. The van der Waals surface area contributed by atoms with Crippen LogP contribution in [0.25, 0.3) is 0 Å². The van der Waals surface area contributed by atoms with E-state index >= 15 is 0 Å². The van der Waals surface area contributed by atoms with Gasteiger partial charge in [0.1, 0.15) is 0 Å². The maximum Gasteiger partial charge on any atom is 0.0909 e. The number of hydrogen-bond donors (Lipinski definition) is 0. The number of nitrogens with zero attached hydrogens (tertiary/aromatic N) is 2. The number of aryl methyl sites for hydroxylation is 2. The van der Waals surface area contributed by atoms with Crippen LogP contribution in [0.1, 0.15) is 30.5 Å².